The molecule has 1 aromatic heterocycles. The van der Waals surface area contributed by atoms with E-state index in [4.69, 9.17) is 0 Å². The molecule has 2 aromatic rings. The SMILES string of the molecule is CCCS(=O)(=O)NC1CCN(C(=O)c2ccn(-c3ccccc3)n2)CC1. The fourth-order valence-corrected chi connectivity index (χ4v) is 4.51. The average Bonchev–Trinajstić information content (AvgIpc) is 3.12. The Hall–Kier alpha value is -2.19. The van der Waals surface area contributed by atoms with Gasteiger partial charge >= 0.3 is 0 Å². The van der Waals surface area contributed by atoms with Crippen molar-refractivity contribution >= 4 is 15.9 Å². The minimum absolute atomic E-state index is 0.0996. The molecule has 0 spiro atoms. The van der Waals surface area contributed by atoms with Gasteiger partial charge in [0.15, 0.2) is 5.69 Å². The second kappa shape index (κ2) is 8.01. The molecule has 1 amide bonds. The topological polar surface area (TPSA) is 84.3 Å². The number of aromatic nitrogens is 2. The third kappa shape index (κ3) is 4.50. The Labute approximate surface area is 154 Å². The second-order valence-corrected chi connectivity index (χ2v) is 8.36. The molecule has 0 saturated carbocycles. The van der Waals surface area contributed by atoms with Gasteiger partial charge in [0.25, 0.3) is 5.91 Å². The van der Waals surface area contributed by atoms with Crippen molar-refractivity contribution in [3.05, 3.63) is 48.3 Å². The third-order valence-corrected chi connectivity index (χ3v) is 6.07. The molecule has 1 fully saturated rings. The summed E-state index contributed by atoms with van der Waals surface area (Å²) in [6.07, 6.45) is 3.60. The molecule has 1 aliphatic heterocycles. The fraction of sp³-hybridized carbons (Fsp3) is 0.444. The van der Waals surface area contributed by atoms with Crippen molar-refractivity contribution in [2.45, 2.75) is 32.2 Å². The Kier molecular flexibility index (Phi) is 5.73. The number of likely N-dealkylation sites (tertiary alicyclic amines) is 1. The average molecular weight is 376 g/mol. The van der Waals surface area contributed by atoms with Crippen molar-refractivity contribution in [3.8, 4) is 5.69 Å². The molecule has 1 aliphatic rings. The minimum Gasteiger partial charge on any atom is -0.337 e. The summed E-state index contributed by atoms with van der Waals surface area (Å²) in [7, 11) is -3.22. The number of carbonyl (C=O) groups excluding carboxylic acids is 1. The summed E-state index contributed by atoms with van der Waals surface area (Å²) in [6, 6.07) is 11.2. The van der Waals surface area contributed by atoms with E-state index in [0.717, 1.165) is 5.69 Å². The molecular formula is C18H24N4O3S. The highest BCUT2D eigenvalue weighted by molar-refractivity contribution is 7.89. The molecule has 0 aliphatic carbocycles. The van der Waals surface area contributed by atoms with Crippen molar-refractivity contribution in [3.63, 3.8) is 0 Å². The molecule has 1 aromatic carbocycles. The predicted molar refractivity (Wildman–Crippen MR) is 99.7 cm³/mol. The van der Waals surface area contributed by atoms with Gasteiger partial charge in [0.1, 0.15) is 0 Å². The molecule has 8 heteroatoms. The summed E-state index contributed by atoms with van der Waals surface area (Å²) < 4.78 is 28.2. The van der Waals surface area contributed by atoms with Gasteiger partial charge in [-0.3, -0.25) is 4.79 Å². The molecule has 7 nitrogen and oxygen atoms in total. The van der Waals surface area contributed by atoms with E-state index in [0.29, 0.717) is 38.0 Å². The van der Waals surface area contributed by atoms with Gasteiger partial charge in [0.2, 0.25) is 10.0 Å². The molecule has 0 unspecified atom stereocenters. The summed E-state index contributed by atoms with van der Waals surface area (Å²) in [5.41, 5.74) is 1.30. The molecule has 3 rings (SSSR count). The molecule has 1 saturated heterocycles. The number of hydrogen-bond donors (Lipinski definition) is 1. The maximum absolute atomic E-state index is 12.7. The predicted octanol–water partition coefficient (Wildman–Crippen LogP) is 1.81. The number of nitrogens with one attached hydrogen (secondary N) is 1. The largest absolute Gasteiger partial charge is 0.337 e. The van der Waals surface area contributed by atoms with Crippen LogP contribution in [0, 0.1) is 0 Å². The summed E-state index contributed by atoms with van der Waals surface area (Å²) in [6.45, 7) is 2.89. The van der Waals surface area contributed by atoms with E-state index in [9.17, 15) is 13.2 Å². The summed E-state index contributed by atoms with van der Waals surface area (Å²) in [5, 5.41) is 4.37. The number of rotatable bonds is 6. The lowest BCUT2D eigenvalue weighted by molar-refractivity contribution is 0.0705. The Morgan fingerprint density at radius 3 is 2.54 bits per heavy atom. The van der Waals surface area contributed by atoms with Gasteiger partial charge < -0.3 is 4.90 Å². The van der Waals surface area contributed by atoms with E-state index in [1.54, 1.807) is 21.8 Å². The van der Waals surface area contributed by atoms with Gasteiger partial charge in [-0.1, -0.05) is 25.1 Å². The van der Waals surface area contributed by atoms with Crippen LogP contribution in [0.25, 0.3) is 5.69 Å². The molecular weight excluding hydrogens is 352 g/mol. The van der Waals surface area contributed by atoms with Crippen LogP contribution in [0.4, 0.5) is 0 Å². The van der Waals surface area contributed by atoms with E-state index in [2.05, 4.69) is 9.82 Å². The van der Waals surface area contributed by atoms with Crippen molar-refractivity contribution in [1.29, 1.82) is 0 Å². The first-order valence-corrected chi connectivity index (χ1v) is 10.5. The number of piperidine rings is 1. The zero-order chi connectivity index (χ0) is 18.6. The number of sulfonamides is 1. The maximum Gasteiger partial charge on any atom is 0.274 e. The summed E-state index contributed by atoms with van der Waals surface area (Å²) in [4.78, 5) is 14.4. The van der Waals surface area contributed by atoms with Crippen LogP contribution in [0.1, 0.15) is 36.7 Å². The van der Waals surface area contributed by atoms with Gasteiger partial charge in [-0.25, -0.2) is 17.8 Å². The van der Waals surface area contributed by atoms with Gasteiger partial charge in [0, 0.05) is 25.3 Å². The smallest absolute Gasteiger partial charge is 0.274 e. The first-order valence-electron chi connectivity index (χ1n) is 8.89. The molecule has 0 radical (unpaired) electrons. The van der Waals surface area contributed by atoms with Crippen LogP contribution in [0.15, 0.2) is 42.6 Å². The quantitative estimate of drug-likeness (QED) is 0.833. The number of amides is 1. The molecule has 2 heterocycles. The first-order chi connectivity index (χ1) is 12.5. The Morgan fingerprint density at radius 2 is 1.88 bits per heavy atom. The summed E-state index contributed by atoms with van der Waals surface area (Å²) >= 11 is 0. The number of benzene rings is 1. The number of carbonyl (C=O) groups is 1. The Bertz CT molecular complexity index is 840. The van der Waals surface area contributed by atoms with Gasteiger partial charge in [0.05, 0.1) is 11.4 Å². The highest BCUT2D eigenvalue weighted by Gasteiger charge is 2.27. The van der Waals surface area contributed by atoms with Crippen molar-refractivity contribution in [2.24, 2.45) is 0 Å². The van der Waals surface area contributed by atoms with Gasteiger partial charge in [-0.05, 0) is 37.5 Å². The highest BCUT2D eigenvalue weighted by atomic mass is 32.2. The maximum atomic E-state index is 12.7. The van der Waals surface area contributed by atoms with Crippen LogP contribution in [0.2, 0.25) is 0 Å². The molecule has 26 heavy (non-hydrogen) atoms. The van der Waals surface area contributed by atoms with Crippen LogP contribution in [-0.2, 0) is 10.0 Å². The first kappa shape index (κ1) is 18.6. The highest BCUT2D eigenvalue weighted by Crippen LogP contribution is 2.15. The lowest BCUT2D eigenvalue weighted by Crippen LogP contribution is -2.47. The van der Waals surface area contributed by atoms with E-state index in [1.807, 2.05) is 37.3 Å². The van der Waals surface area contributed by atoms with Crippen LogP contribution in [-0.4, -0.2) is 53.9 Å². The van der Waals surface area contributed by atoms with E-state index >= 15 is 0 Å². The lowest BCUT2D eigenvalue weighted by atomic mass is 10.1. The van der Waals surface area contributed by atoms with Crippen LogP contribution < -0.4 is 4.72 Å². The molecule has 0 bridgehead atoms. The zero-order valence-electron chi connectivity index (χ0n) is 14.8. The Morgan fingerprint density at radius 1 is 1.19 bits per heavy atom. The van der Waals surface area contributed by atoms with Crippen molar-refractivity contribution < 1.29 is 13.2 Å². The number of hydrogen-bond acceptors (Lipinski definition) is 4. The van der Waals surface area contributed by atoms with E-state index < -0.39 is 10.0 Å². The zero-order valence-corrected chi connectivity index (χ0v) is 15.7. The standard InChI is InChI=1S/C18H24N4O3S/c1-2-14-26(24,25)20-15-8-11-21(12-9-15)18(23)17-10-13-22(19-17)16-6-4-3-5-7-16/h3-7,10,13,15,20H,2,8-9,11-12,14H2,1H3. The molecule has 1 N–H and O–H groups in total. The summed E-state index contributed by atoms with van der Waals surface area (Å²) in [5.74, 6) is 0.0258. The number of nitrogens with zero attached hydrogens (tertiary/aromatic N) is 3. The van der Waals surface area contributed by atoms with Gasteiger partial charge in [-0.15, -0.1) is 0 Å². The van der Waals surface area contributed by atoms with Crippen molar-refractivity contribution in [1.82, 2.24) is 19.4 Å². The third-order valence-electron chi connectivity index (χ3n) is 4.43. The van der Waals surface area contributed by atoms with Crippen LogP contribution in [0.3, 0.4) is 0 Å². The van der Waals surface area contributed by atoms with E-state index in [1.165, 1.54) is 0 Å². The fourth-order valence-electron chi connectivity index (χ4n) is 3.11. The lowest BCUT2D eigenvalue weighted by Gasteiger charge is -2.31. The van der Waals surface area contributed by atoms with E-state index in [-0.39, 0.29) is 17.7 Å². The van der Waals surface area contributed by atoms with Crippen LogP contribution in [0.5, 0.6) is 0 Å². The molecule has 140 valence electrons. The normalized spacial score (nSPS) is 16.0. The molecule has 0 atom stereocenters. The number of para-hydroxylation sites is 1. The minimum atomic E-state index is -3.22. The monoisotopic (exact) mass is 376 g/mol. The second-order valence-electron chi connectivity index (χ2n) is 6.48. The van der Waals surface area contributed by atoms with Crippen LogP contribution >= 0.6 is 0 Å². The van der Waals surface area contributed by atoms with Gasteiger partial charge in [-0.2, -0.15) is 5.10 Å². The van der Waals surface area contributed by atoms with Crippen molar-refractivity contribution in [2.75, 3.05) is 18.8 Å². The Balaban J connectivity index is 1.58.